The van der Waals surface area contributed by atoms with Crippen LogP contribution in [0.15, 0.2) is 65.6 Å². The van der Waals surface area contributed by atoms with Crippen LogP contribution in [0.2, 0.25) is 0 Å². The van der Waals surface area contributed by atoms with Crippen molar-refractivity contribution in [3.63, 3.8) is 0 Å². The average Bonchev–Trinajstić information content (AvgIpc) is 3.55. The molecule has 0 saturated heterocycles. The van der Waals surface area contributed by atoms with E-state index in [-0.39, 0.29) is 25.6 Å². The molecule has 0 spiro atoms. The Labute approximate surface area is 211 Å². The van der Waals surface area contributed by atoms with Crippen molar-refractivity contribution in [2.75, 3.05) is 18.7 Å². The molecule has 0 unspecified atom stereocenters. The molecule has 36 heavy (non-hydrogen) atoms. The third-order valence-corrected chi connectivity index (χ3v) is 8.09. The van der Waals surface area contributed by atoms with E-state index in [1.54, 1.807) is 12.1 Å². The molecule has 9 heteroatoms. The molecule has 190 valence electrons. The maximum Gasteiger partial charge on any atom is 0.240 e. The Hall–Kier alpha value is -3.40. The van der Waals surface area contributed by atoms with Gasteiger partial charge in [0, 0.05) is 13.7 Å². The zero-order valence-electron chi connectivity index (χ0n) is 20.1. The lowest BCUT2D eigenvalue weighted by molar-refractivity contribution is -0.118. The number of hydrogen-bond acceptors (Lipinski definition) is 6. The van der Waals surface area contributed by atoms with Gasteiger partial charge in [-0.1, -0.05) is 24.3 Å². The van der Waals surface area contributed by atoms with E-state index in [1.807, 2.05) is 43.3 Å². The van der Waals surface area contributed by atoms with E-state index in [0.717, 1.165) is 35.1 Å². The monoisotopic (exact) mass is 510 g/mol. The summed E-state index contributed by atoms with van der Waals surface area (Å²) in [5.74, 6) is 1.29. The number of aryl methyl sites for hydroxylation is 1. The van der Waals surface area contributed by atoms with Crippen molar-refractivity contribution in [1.29, 1.82) is 0 Å². The van der Waals surface area contributed by atoms with Gasteiger partial charge < -0.3 is 19.9 Å². The van der Waals surface area contributed by atoms with Crippen molar-refractivity contribution in [3.8, 4) is 22.6 Å². The van der Waals surface area contributed by atoms with Crippen LogP contribution in [0.5, 0.6) is 11.5 Å². The second-order valence-corrected chi connectivity index (χ2v) is 11.1. The van der Waals surface area contributed by atoms with Crippen LogP contribution in [-0.2, 0) is 20.2 Å². The van der Waals surface area contributed by atoms with Crippen molar-refractivity contribution >= 4 is 21.6 Å². The SMILES string of the molecule is Cc1ccc(NC(=O)C2(c3ccc4c(c3)OCO4)CC2)cc1-c1ccc(S(=O)(=O)NC[C@@H](C)O)cc1.[HH]. The predicted octanol–water partition coefficient (Wildman–Crippen LogP) is 3.97. The number of ether oxygens (including phenoxy) is 2. The van der Waals surface area contributed by atoms with E-state index in [0.29, 0.717) is 17.2 Å². The molecule has 1 heterocycles. The van der Waals surface area contributed by atoms with Crippen LogP contribution in [0.25, 0.3) is 11.1 Å². The van der Waals surface area contributed by atoms with E-state index in [1.165, 1.54) is 19.1 Å². The van der Waals surface area contributed by atoms with Crippen molar-refractivity contribution < 1.29 is 29.2 Å². The molecule has 5 rings (SSSR count). The molecule has 3 N–H and O–H groups in total. The van der Waals surface area contributed by atoms with Gasteiger partial charge in [0.05, 0.1) is 16.4 Å². The summed E-state index contributed by atoms with van der Waals surface area (Å²) < 4.78 is 38.1. The lowest BCUT2D eigenvalue weighted by Gasteiger charge is -2.17. The highest BCUT2D eigenvalue weighted by molar-refractivity contribution is 7.89. The number of fused-ring (bicyclic) bond motifs is 1. The number of carbonyl (C=O) groups excluding carboxylic acids is 1. The van der Waals surface area contributed by atoms with Gasteiger partial charge in [-0.05, 0) is 85.3 Å². The van der Waals surface area contributed by atoms with Gasteiger partial charge >= 0.3 is 0 Å². The molecule has 1 saturated carbocycles. The Morgan fingerprint density at radius 3 is 2.47 bits per heavy atom. The van der Waals surface area contributed by atoms with Crippen LogP contribution in [0.3, 0.4) is 0 Å². The minimum Gasteiger partial charge on any atom is -0.454 e. The Balaban J connectivity index is 0.00000320. The second-order valence-electron chi connectivity index (χ2n) is 9.36. The van der Waals surface area contributed by atoms with Gasteiger partial charge in [-0.15, -0.1) is 0 Å². The molecule has 2 aliphatic rings. The normalized spacial score (nSPS) is 16.4. The number of rotatable bonds is 8. The van der Waals surface area contributed by atoms with Crippen LogP contribution < -0.4 is 19.5 Å². The van der Waals surface area contributed by atoms with Crippen LogP contribution >= 0.6 is 0 Å². The number of carbonyl (C=O) groups is 1. The molecule has 0 aromatic heterocycles. The zero-order valence-corrected chi connectivity index (χ0v) is 20.9. The number of anilines is 1. The first-order valence-corrected chi connectivity index (χ1v) is 13.3. The maximum atomic E-state index is 13.3. The van der Waals surface area contributed by atoms with Crippen LogP contribution in [0.4, 0.5) is 5.69 Å². The average molecular weight is 511 g/mol. The highest BCUT2D eigenvalue weighted by Crippen LogP contribution is 2.51. The zero-order chi connectivity index (χ0) is 25.5. The van der Waals surface area contributed by atoms with Crippen LogP contribution in [0.1, 0.15) is 32.3 Å². The van der Waals surface area contributed by atoms with Gasteiger partial charge in [-0.3, -0.25) is 4.79 Å². The predicted molar refractivity (Wildman–Crippen MR) is 138 cm³/mol. The number of hydrogen-bond donors (Lipinski definition) is 3. The van der Waals surface area contributed by atoms with Gasteiger partial charge in [0.25, 0.3) is 0 Å². The summed E-state index contributed by atoms with van der Waals surface area (Å²) in [5, 5.41) is 12.4. The fourth-order valence-corrected chi connectivity index (χ4v) is 5.48. The summed E-state index contributed by atoms with van der Waals surface area (Å²) >= 11 is 0. The molecule has 8 nitrogen and oxygen atoms in total. The molecular weight excluding hydrogens is 480 g/mol. The topological polar surface area (TPSA) is 114 Å². The molecule has 1 fully saturated rings. The second kappa shape index (κ2) is 9.24. The van der Waals surface area contributed by atoms with Crippen molar-refractivity contribution in [2.45, 2.75) is 43.1 Å². The van der Waals surface area contributed by atoms with Gasteiger partial charge in [-0.25, -0.2) is 13.1 Å². The fourth-order valence-electron chi connectivity index (χ4n) is 4.35. The first-order chi connectivity index (χ1) is 17.2. The molecule has 0 radical (unpaired) electrons. The first-order valence-electron chi connectivity index (χ1n) is 11.8. The Morgan fingerprint density at radius 1 is 1.06 bits per heavy atom. The van der Waals surface area contributed by atoms with E-state index in [2.05, 4.69) is 10.0 Å². The molecule has 3 aromatic rings. The summed E-state index contributed by atoms with van der Waals surface area (Å²) in [7, 11) is -3.71. The largest absolute Gasteiger partial charge is 0.454 e. The van der Waals surface area contributed by atoms with E-state index in [4.69, 9.17) is 9.47 Å². The minimum absolute atomic E-state index is 0. The Kier molecular flexibility index (Phi) is 6.23. The van der Waals surface area contributed by atoms with Crippen LogP contribution in [0, 0.1) is 6.92 Å². The summed E-state index contributed by atoms with van der Waals surface area (Å²) in [6.07, 6.45) is 0.742. The van der Waals surface area contributed by atoms with Gasteiger partial charge in [0.1, 0.15) is 0 Å². The lowest BCUT2D eigenvalue weighted by Crippen LogP contribution is -2.30. The standard InChI is InChI=1S/C27H28N2O6S.H2/c1-17-3-7-21(14-23(17)19-4-8-22(9-5-19)36(32,33)28-15-18(2)30)29-26(31)27(11-12-27)20-6-10-24-25(13-20)35-16-34-24;/h3-10,13-14,18,28,30H,11-12,15-16H2,1-2H3,(H,29,31);1H/t18-;/m1./s1. The van der Waals surface area contributed by atoms with Gasteiger partial charge in [0.15, 0.2) is 11.5 Å². The highest BCUT2D eigenvalue weighted by Gasteiger charge is 2.51. The van der Waals surface area contributed by atoms with Crippen molar-refractivity contribution in [3.05, 3.63) is 71.8 Å². The van der Waals surface area contributed by atoms with Crippen molar-refractivity contribution in [2.24, 2.45) is 0 Å². The summed E-state index contributed by atoms with van der Waals surface area (Å²) in [6, 6.07) is 17.9. The Bertz CT molecular complexity index is 1420. The Morgan fingerprint density at radius 2 is 1.78 bits per heavy atom. The third kappa shape index (κ3) is 4.69. The van der Waals surface area contributed by atoms with Gasteiger partial charge in [-0.2, -0.15) is 0 Å². The van der Waals surface area contributed by atoms with Crippen molar-refractivity contribution in [1.82, 2.24) is 4.72 Å². The number of aliphatic hydroxyl groups excluding tert-OH is 1. The molecule has 3 aromatic carbocycles. The van der Waals surface area contributed by atoms with E-state index < -0.39 is 21.5 Å². The number of nitrogens with one attached hydrogen (secondary N) is 2. The van der Waals surface area contributed by atoms with Crippen LogP contribution in [-0.4, -0.2) is 38.9 Å². The minimum atomic E-state index is -3.71. The third-order valence-electron chi connectivity index (χ3n) is 6.65. The molecule has 1 atom stereocenters. The van der Waals surface area contributed by atoms with Gasteiger partial charge in [0.2, 0.25) is 22.7 Å². The lowest BCUT2D eigenvalue weighted by atomic mass is 9.94. The number of aliphatic hydroxyl groups is 1. The first kappa shape index (κ1) is 24.3. The molecular formula is C27H30N2O6S. The summed E-state index contributed by atoms with van der Waals surface area (Å²) in [4.78, 5) is 13.4. The van der Waals surface area contributed by atoms with E-state index in [9.17, 15) is 18.3 Å². The number of benzene rings is 3. The molecule has 0 bridgehead atoms. The smallest absolute Gasteiger partial charge is 0.240 e. The summed E-state index contributed by atoms with van der Waals surface area (Å²) in [5.41, 5.74) is 3.71. The quantitative estimate of drug-likeness (QED) is 0.423. The fraction of sp³-hybridized carbons (Fsp3) is 0.296. The highest BCUT2D eigenvalue weighted by atomic mass is 32.2. The molecule has 1 aliphatic carbocycles. The maximum absolute atomic E-state index is 13.3. The molecule has 1 aliphatic heterocycles. The number of amides is 1. The summed E-state index contributed by atoms with van der Waals surface area (Å²) in [6.45, 7) is 3.61. The van der Waals surface area contributed by atoms with E-state index >= 15 is 0 Å². The molecule has 1 amide bonds. The number of sulfonamides is 1.